The lowest BCUT2D eigenvalue weighted by Crippen LogP contribution is -2.70. The van der Waals surface area contributed by atoms with Crippen LogP contribution in [0, 0.1) is 0 Å². The second-order valence-electron chi connectivity index (χ2n) is 22.2. The van der Waals surface area contributed by atoms with Gasteiger partial charge in [0.25, 0.3) is 5.79 Å². The molecule has 5 aliphatic rings. The van der Waals surface area contributed by atoms with Gasteiger partial charge in [-0.15, -0.1) is 0 Å². The van der Waals surface area contributed by atoms with Crippen molar-refractivity contribution in [3.8, 4) is 0 Å². The van der Waals surface area contributed by atoms with Gasteiger partial charge in [-0.1, -0.05) is 12.1 Å². The van der Waals surface area contributed by atoms with Gasteiger partial charge >= 0.3 is 11.9 Å². The van der Waals surface area contributed by atoms with E-state index in [1.807, 2.05) is 0 Å². The van der Waals surface area contributed by atoms with Crippen molar-refractivity contribution >= 4 is 35.3 Å². The number of aliphatic carboxylic acids is 1. The number of rotatable bonds is 29. The maximum atomic E-state index is 12.8. The zero-order valence-corrected chi connectivity index (χ0v) is 48.8. The van der Waals surface area contributed by atoms with Crippen LogP contribution >= 0.6 is 0 Å². The first-order valence-corrected chi connectivity index (χ1v) is 28.4. The Morgan fingerprint density at radius 1 is 0.582 bits per heavy atom. The van der Waals surface area contributed by atoms with Crippen molar-refractivity contribution in [2.45, 2.75) is 211 Å². The summed E-state index contributed by atoms with van der Waals surface area (Å²) in [6, 6.07) is 0.431. The molecule has 30 atom stereocenters. The summed E-state index contributed by atoms with van der Waals surface area (Å²) >= 11 is 0. The summed E-state index contributed by atoms with van der Waals surface area (Å²) in [5, 5.41) is 227. The lowest BCUT2D eigenvalue weighted by Gasteiger charge is -2.50. The van der Waals surface area contributed by atoms with Crippen LogP contribution in [0.5, 0.6) is 0 Å². The van der Waals surface area contributed by atoms with Crippen LogP contribution < -0.4 is 21.3 Å². The van der Waals surface area contributed by atoms with E-state index in [0.29, 0.717) is 0 Å². The summed E-state index contributed by atoms with van der Waals surface area (Å²) in [6.45, 7) is -4.32. The van der Waals surface area contributed by atoms with Crippen LogP contribution in [0.15, 0.2) is 24.3 Å². The third-order valence-electron chi connectivity index (χ3n) is 15.7. The largest absolute Gasteiger partial charge is 0.478 e. The molecule has 0 bridgehead atoms. The second-order valence-corrected chi connectivity index (χ2v) is 22.2. The zero-order chi connectivity index (χ0) is 67.7. The Kier molecular flexibility index (Phi) is 27.4. The van der Waals surface area contributed by atoms with E-state index in [-0.39, 0.29) is 11.3 Å². The summed E-state index contributed by atoms with van der Waals surface area (Å²) in [5.41, 5.74) is -0.204. The summed E-state index contributed by atoms with van der Waals surface area (Å²) in [4.78, 5) is 62.0. The van der Waals surface area contributed by atoms with Crippen LogP contribution in [0.1, 0.15) is 37.6 Å². The minimum absolute atomic E-state index is 0.0175. The van der Waals surface area contributed by atoms with Gasteiger partial charge < -0.3 is 171 Å². The highest BCUT2D eigenvalue weighted by Gasteiger charge is 2.59. The highest BCUT2D eigenvalue weighted by Crippen LogP contribution is 2.38. The van der Waals surface area contributed by atoms with Gasteiger partial charge in [-0.2, -0.15) is 0 Å². The molecule has 0 aromatic heterocycles. The normalized spacial score (nSPS) is 39.1. The summed E-state index contributed by atoms with van der Waals surface area (Å²) < 4.78 is 57.8. The fraction of sp³-hybridized carbons (Fsp3) is 0.788. The molecule has 6 rings (SSSR count). The molecule has 3 amide bonds. The third-order valence-corrected chi connectivity index (χ3v) is 15.7. The van der Waals surface area contributed by atoms with E-state index in [1.54, 1.807) is 0 Å². The average Bonchev–Trinajstić information content (AvgIpc) is 1.83. The number of aliphatic hydroxyl groups is 18. The van der Waals surface area contributed by atoms with Crippen LogP contribution in [0.25, 0.3) is 0 Å². The van der Waals surface area contributed by atoms with Crippen molar-refractivity contribution in [2.75, 3.05) is 51.5 Å². The molecule has 24 N–H and O–H groups in total. The average molecular weight is 1320 g/mol. The number of aromatic carboxylic acids is 1. The van der Waals surface area contributed by atoms with E-state index in [2.05, 4.69) is 21.3 Å². The minimum atomic E-state index is -3.02. The van der Waals surface area contributed by atoms with Crippen molar-refractivity contribution in [2.24, 2.45) is 0 Å². The molecule has 1 aromatic carbocycles. The van der Waals surface area contributed by atoms with Crippen molar-refractivity contribution in [3.63, 3.8) is 0 Å². The first-order valence-electron chi connectivity index (χ1n) is 28.4. The molecule has 0 saturated carbocycles. The number of carbonyl (C=O) groups is 5. The van der Waals surface area contributed by atoms with Crippen LogP contribution in [-0.2, 0) is 66.5 Å². The molecule has 91 heavy (non-hydrogen) atoms. The van der Waals surface area contributed by atoms with Crippen molar-refractivity contribution in [1.29, 1.82) is 0 Å². The molecule has 520 valence electrons. The predicted octanol–water partition coefficient (Wildman–Crippen LogP) is -13.0. The van der Waals surface area contributed by atoms with Crippen LogP contribution in [0.2, 0.25) is 0 Å². The van der Waals surface area contributed by atoms with Gasteiger partial charge in [0.05, 0.1) is 63.4 Å². The first kappa shape index (κ1) is 75.3. The van der Waals surface area contributed by atoms with Crippen LogP contribution in [0.3, 0.4) is 0 Å². The smallest absolute Gasteiger partial charge is 0.364 e. The molecule has 5 aliphatic heterocycles. The molecule has 5 heterocycles. The second kappa shape index (κ2) is 33.1. The van der Waals surface area contributed by atoms with E-state index < -0.39 is 266 Å². The highest BCUT2D eigenvalue weighted by molar-refractivity contribution is 5.94. The number of amides is 3. The molecule has 39 heteroatoms. The molecule has 5 saturated heterocycles. The minimum Gasteiger partial charge on any atom is -0.478 e. The zero-order valence-electron chi connectivity index (χ0n) is 48.8. The number of carbonyl (C=O) groups excluding carboxylic acids is 3. The number of anilines is 1. The SMILES string of the molecule is CC(=O)N[C@H]1[C@H](O[C@H]2[C@H](O[C@@H]3[C@H](O)[C@H](O[C@@H]([C@H](O)[C@H](CNc4ccccc4C(=O)O)NC(C)=O)[C@H](O)CO)O[C@H](CO)[C@H]3O)O[C@@H](CO)[C@H](O)[C@H]2O)O[C@H](CO)[C@@H](O[C@@H]2O[C@H](CO[C@]3(C(=O)O)C[C@H](O)[C@@H](NC(C)=O)[C@H]([C@H](O)[C@H](O)CO)O3)[C@H](O)[C@H](O)[C@H]2O)[C@@H]1O. The van der Waals surface area contributed by atoms with E-state index in [9.17, 15) is 126 Å². The van der Waals surface area contributed by atoms with Crippen LogP contribution in [0.4, 0.5) is 5.69 Å². The van der Waals surface area contributed by atoms with Gasteiger partial charge in [-0.25, -0.2) is 9.59 Å². The number of para-hydroxylation sites is 1. The van der Waals surface area contributed by atoms with Gasteiger partial charge in [-0.05, 0) is 12.1 Å². The highest BCUT2D eigenvalue weighted by atomic mass is 16.8. The molecule has 0 radical (unpaired) electrons. The molecule has 0 unspecified atom stereocenters. The lowest BCUT2D eigenvalue weighted by molar-refractivity contribution is -0.392. The Labute approximate surface area is 515 Å². The molecule has 0 spiro atoms. The van der Waals surface area contributed by atoms with Gasteiger partial charge in [0.1, 0.15) is 134 Å². The molecular weight excluding hydrogens is 1240 g/mol. The Morgan fingerprint density at radius 3 is 1.71 bits per heavy atom. The standard InChI is InChI=1S/C52H82N4O35/c1-16(62)54-21(9-53-20-7-5-4-6-19(20)46(78)79)31(68)41(24(67)11-58)87-49-40(77)44(35(72)26(13-60)83-49)89-50-45(38(75)33(70)25(12-59)84-50)90-47-30(56-18(3)64)36(73)42(27(14-61)85-47)88-48-39(76)37(74)34(71)28(86-48)15-82-52(51(80)81)8-22(65)29(55-17(2)63)43(91-52)32(69)23(66)10-57/h4-7,21-45,47-50,53,57-61,65-77H,8-15H2,1-3H3,(H,54,62)(H,55,63)(H,56,64)(H,78,79)(H,80,81)/t21-,22-,23+,24+,25-,26+,27+,28+,29+,30+,31+,32+,33-,34-,35+,36+,37-,38+,39+,40-,41+,42+,43+,44-,45+,47-,48-,49-,50-,52+/m0/s1. The first-order chi connectivity index (χ1) is 42.9. The Bertz CT molecular complexity index is 2530. The van der Waals surface area contributed by atoms with E-state index in [1.165, 1.54) is 24.3 Å². The van der Waals surface area contributed by atoms with Crippen molar-refractivity contribution in [1.82, 2.24) is 16.0 Å². The fourth-order valence-corrected chi connectivity index (χ4v) is 10.9. The summed E-state index contributed by atoms with van der Waals surface area (Å²) in [7, 11) is 0. The number of hydrogen-bond acceptors (Lipinski definition) is 34. The van der Waals surface area contributed by atoms with Gasteiger partial charge in [0.2, 0.25) is 17.7 Å². The van der Waals surface area contributed by atoms with Crippen LogP contribution in [-0.4, -0.2) is 361 Å². The fourth-order valence-electron chi connectivity index (χ4n) is 10.9. The number of hydrogen-bond donors (Lipinski definition) is 24. The molecule has 0 aliphatic carbocycles. The number of ether oxygens (including phenoxy) is 10. The maximum absolute atomic E-state index is 12.8. The Morgan fingerprint density at radius 2 is 1.13 bits per heavy atom. The summed E-state index contributed by atoms with van der Waals surface area (Å²) in [5.74, 6) is -8.90. The molecule has 5 fully saturated rings. The number of carboxylic acid groups (broad SMARTS) is 2. The van der Waals surface area contributed by atoms with Gasteiger partial charge in [0, 0.05) is 39.4 Å². The molecular formula is C52H82N4O35. The maximum Gasteiger partial charge on any atom is 0.364 e. The monoisotopic (exact) mass is 1320 g/mol. The van der Waals surface area contributed by atoms with Gasteiger partial charge in [-0.3, -0.25) is 14.4 Å². The van der Waals surface area contributed by atoms with E-state index in [4.69, 9.17) is 47.4 Å². The number of benzene rings is 1. The molecule has 1 aromatic rings. The topological polar surface area (TPSA) is 630 Å². The van der Waals surface area contributed by atoms with E-state index >= 15 is 0 Å². The number of aliphatic hydroxyl groups excluding tert-OH is 18. The number of nitrogens with one attached hydrogen (secondary N) is 4. The van der Waals surface area contributed by atoms with Crippen molar-refractivity contribution < 1.29 is 173 Å². The van der Waals surface area contributed by atoms with E-state index in [0.717, 1.165) is 20.8 Å². The lowest BCUT2D eigenvalue weighted by atomic mass is 9.88. The van der Waals surface area contributed by atoms with Gasteiger partial charge in [0.15, 0.2) is 25.2 Å². The number of carboxylic acids is 2. The summed E-state index contributed by atoms with van der Waals surface area (Å²) in [6.07, 6.45) is -56.1. The quantitative estimate of drug-likeness (QED) is 0.0354. The Hall–Kier alpha value is -4.75. The van der Waals surface area contributed by atoms with Crippen molar-refractivity contribution in [3.05, 3.63) is 29.8 Å². The Balaban J connectivity index is 1.23. The molecule has 39 nitrogen and oxygen atoms in total. The third kappa shape index (κ3) is 17.6. The predicted molar refractivity (Wildman–Crippen MR) is 288 cm³/mol.